The van der Waals surface area contributed by atoms with Crippen LogP contribution >= 0.6 is 0 Å². The molecule has 1 aromatic carbocycles. The lowest BCUT2D eigenvalue weighted by Gasteiger charge is -2.22. The first-order valence-corrected chi connectivity index (χ1v) is 10.4. The molecule has 1 unspecified atom stereocenters. The van der Waals surface area contributed by atoms with E-state index in [1.807, 2.05) is 47.6 Å². The quantitative estimate of drug-likeness (QED) is 0.856. The number of sulfone groups is 1. The lowest BCUT2D eigenvalue weighted by molar-refractivity contribution is -0.117. The van der Waals surface area contributed by atoms with Crippen molar-refractivity contribution in [2.24, 2.45) is 0 Å². The van der Waals surface area contributed by atoms with Crippen LogP contribution in [0.4, 0.5) is 5.69 Å². The van der Waals surface area contributed by atoms with Gasteiger partial charge in [-0.1, -0.05) is 0 Å². The van der Waals surface area contributed by atoms with Crippen LogP contribution < -0.4 is 5.32 Å². The van der Waals surface area contributed by atoms with Crippen molar-refractivity contribution in [3.8, 4) is 5.69 Å². The third kappa shape index (κ3) is 4.13. The van der Waals surface area contributed by atoms with Crippen molar-refractivity contribution in [2.75, 3.05) is 30.4 Å². The maximum atomic E-state index is 12.2. The van der Waals surface area contributed by atoms with Gasteiger partial charge in [0.1, 0.15) is 0 Å². The van der Waals surface area contributed by atoms with Crippen LogP contribution in [0.3, 0.4) is 0 Å². The number of rotatable bonds is 5. The SMILES string of the molecule is Cc1ncn(-c2ccc(NC(=O)CN(C)C3CCS(=O)(=O)C3)cc2)c1C. The fourth-order valence-corrected chi connectivity index (χ4v) is 4.95. The molecule has 3 rings (SSSR count). The third-order valence-corrected chi connectivity index (χ3v) is 6.66. The monoisotopic (exact) mass is 376 g/mol. The minimum absolute atomic E-state index is 0.0828. The maximum absolute atomic E-state index is 12.2. The highest BCUT2D eigenvalue weighted by molar-refractivity contribution is 7.91. The smallest absolute Gasteiger partial charge is 0.238 e. The first-order chi connectivity index (χ1) is 12.2. The predicted octanol–water partition coefficient (Wildman–Crippen LogP) is 1.55. The molecule has 7 nitrogen and oxygen atoms in total. The summed E-state index contributed by atoms with van der Waals surface area (Å²) >= 11 is 0. The molecule has 1 saturated heterocycles. The van der Waals surface area contributed by atoms with Crippen LogP contribution in [0.25, 0.3) is 5.69 Å². The summed E-state index contributed by atoms with van der Waals surface area (Å²) in [5.41, 5.74) is 3.75. The lowest BCUT2D eigenvalue weighted by Crippen LogP contribution is -2.38. The average molecular weight is 376 g/mol. The Labute approximate surface area is 154 Å². The van der Waals surface area contributed by atoms with E-state index in [1.165, 1.54) is 0 Å². The summed E-state index contributed by atoms with van der Waals surface area (Å²) in [5, 5.41) is 2.86. The second-order valence-electron chi connectivity index (χ2n) is 6.85. The molecule has 1 atom stereocenters. The summed E-state index contributed by atoms with van der Waals surface area (Å²) in [6.07, 6.45) is 2.37. The molecular formula is C18H24N4O3S. The van der Waals surface area contributed by atoms with Crippen LogP contribution in [-0.4, -0.2) is 59.9 Å². The van der Waals surface area contributed by atoms with Gasteiger partial charge >= 0.3 is 0 Å². The van der Waals surface area contributed by atoms with Gasteiger partial charge in [0, 0.05) is 23.1 Å². The molecule has 0 saturated carbocycles. The van der Waals surface area contributed by atoms with Gasteiger partial charge in [0.15, 0.2) is 9.84 Å². The van der Waals surface area contributed by atoms with Crippen molar-refractivity contribution in [3.63, 3.8) is 0 Å². The predicted molar refractivity (Wildman–Crippen MR) is 101 cm³/mol. The third-order valence-electron chi connectivity index (χ3n) is 4.91. The van der Waals surface area contributed by atoms with E-state index in [-0.39, 0.29) is 30.0 Å². The molecule has 1 amide bonds. The molecule has 1 N–H and O–H groups in total. The number of amides is 1. The van der Waals surface area contributed by atoms with E-state index >= 15 is 0 Å². The molecule has 8 heteroatoms. The summed E-state index contributed by atoms with van der Waals surface area (Å²) in [7, 11) is -1.16. The van der Waals surface area contributed by atoms with Crippen LogP contribution in [0.15, 0.2) is 30.6 Å². The molecule has 1 aliphatic heterocycles. The van der Waals surface area contributed by atoms with E-state index in [0.717, 1.165) is 17.1 Å². The van der Waals surface area contributed by atoms with Gasteiger partial charge in [-0.2, -0.15) is 0 Å². The number of anilines is 1. The van der Waals surface area contributed by atoms with Crippen LogP contribution in [0, 0.1) is 13.8 Å². The Kier molecular flexibility index (Phi) is 5.15. The van der Waals surface area contributed by atoms with E-state index in [2.05, 4.69) is 10.3 Å². The van der Waals surface area contributed by atoms with E-state index in [9.17, 15) is 13.2 Å². The van der Waals surface area contributed by atoms with Crippen molar-refractivity contribution < 1.29 is 13.2 Å². The van der Waals surface area contributed by atoms with E-state index in [1.54, 1.807) is 13.4 Å². The number of carbonyl (C=O) groups is 1. The van der Waals surface area contributed by atoms with Crippen molar-refractivity contribution in [2.45, 2.75) is 26.3 Å². The zero-order valence-electron chi connectivity index (χ0n) is 15.3. The molecule has 1 aromatic heterocycles. The Bertz CT molecular complexity index is 903. The highest BCUT2D eigenvalue weighted by Crippen LogP contribution is 2.18. The number of aryl methyl sites for hydroxylation is 1. The summed E-state index contributed by atoms with van der Waals surface area (Å²) in [6, 6.07) is 7.47. The Hall–Kier alpha value is -2.19. The van der Waals surface area contributed by atoms with E-state index in [0.29, 0.717) is 12.1 Å². The number of likely N-dealkylation sites (N-methyl/N-ethyl adjacent to an activating group) is 1. The first kappa shape index (κ1) is 18.6. The molecule has 140 valence electrons. The van der Waals surface area contributed by atoms with Crippen molar-refractivity contribution in [1.29, 1.82) is 0 Å². The van der Waals surface area contributed by atoms with Gasteiger partial charge in [-0.25, -0.2) is 13.4 Å². The van der Waals surface area contributed by atoms with Crippen molar-refractivity contribution >= 4 is 21.4 Å². The molecule has 26 heavy (non-hydrogen) atoms. The van der Waals surface area contributed by atoms with Crippen LogP contribution in [0.2, 0.25) is 0 Å². The fourth-order valence-electron chi connectivity index (χ4n) is 3.14. The number of aromatic nitrogens is 2. The van der Waals surface area contributed by atoms with Crippen molar-refractivity contribution in [3.05, 3.63) is 42.0 Å². The number of hydrogen-bond acceptors (Lipinski definition) is 5. The standard InChI is InChI=1S/C18H24N4O3S/c1-13-14(2)22(12-19-13)16-6-4-15(5-7-16)20-18(23)10-21(3)17-8-9-26(24,25)11-17/h4-7,12,17H,8-11H2,1-3H3,(H,20,23). The molecule has 2 aromatic rings. The van der Waals surface area contributed by atoms with E-state index in [4.69, 9.17) is 0 Å². The number of imidazole rings is 1. The van der Waals surface area contributed by atoms with Crippen LogP contribution in [0.1, 0.15) is 17.8 Å². The van der Waals surface area contributed by atoms with Gasteiger partial charge in [0.25, 0.3) is 0 Å². The van der Waals surface area contributed by atoms with Crippen LogP contribution in [0.5, 0.6) is 0 Å². The molecular weight excluding hydrogens is 352 g/mol. The summed E-state index contributed by atoms with van der Waals surface area (Å²) in [4.78, 5) is 18.3. The maximum Gasteiger partial charge on any atom is 0.238 e. The fraction of sp³-hybridized carbons (Fsp3) is 0.444. The molecule has 1 aliphatic rings. The molecule has 1 fully saturated rings. The van der Waals surface area contributed by atoms with Gasteiger partial charge in [-0.15, -0.1) is 0 Å². The second kappa shape index (κ2) is 7.20. The Balaban J connectivity index is 1.59. The van der Waals surface area contributed by atoms with Gasteiger partial charge < -0.3 is 9.88 Å². The summed E-state index contributed by atoms with van der Waals surface area (Å²) in [5.74, 6) is 0.187. The zero-order chi connectivity index (χ0) is 18.9. The largest absolute Gasteiger partial charge is 0.325 e. The number of benzene rings is 1. The van der Waals surface area contributed by atoms with E-state index < -0.39 is 9.84 Å². The lowest BCUT2D eigenvalue weighted by atomic mass is 10.2. The second-order valence-corrected chi connectivity index (χ2v) is 9.08. The first-order valence-electron chi connectivity index (χ1n) is 8.57. The molecule has 0 radical (unpaired) electrons. The van der Waals surface area contributed by atoms with Gasteiger partial charge in [-0.05, 0) is 51.6 Å². The average Bonchev–Trinajstić information content (AvgIpc) is 3.11. The highest BCUT2D eigenvalue weighted by atomic mass is 32.2. The summed E-state index contributed by atoms with van der Waals surface area (Å²) in [6.45, 7) is 4.14. The Morgan fingerprint density at radius 1 is 1.31 bits per heavy atom. The topological polar surface area (TPSA) is 84.3 Å². The summed E-state index contributed by atoms with van der Waals surface area (Å²) < 4.78 is 25.1. The van der Waals surface area contributed by atoms with Gasteiger partial charge in [0.2, 0.25) is 5.91 Å². The molecule has 2 heterocycles. The number of carbonyl (C=O) groups excluding carboxylic acids is 1. The van der Waals surface area contributed by atoms with Crippen molar-refractivity contribution in [1.82, 2.24) is 14.5 Å². The molecule has 0 aliphatic carbocycles. The Morgan fingerprint density at radius 3 is 2.54 bits per heavy atom. The number of nitrogens with zero attached hydrogens (tertiary/aromatic N) is 3. The normalized spacial score (nSPS) is 19.0. The molecule has 0 spiro atoms. The number of hydrogen-bond donors (Lipinski definition) is 1. The minimum atomic E-state index is -2.95. The molecule has 0 bridgehead atoms. The Morgan fingerprint density at radius 2 is 2.00 bits per heavy atom. The minimum Gasteiger partial charge on any atom is -0.325 e. The zero-order valence-corrected chi connectivity index (χ0v) is 16.1. The van der Waals surface area contributed by atoms with Gasteiger partial charge in [-0.3, -0.25) is 9.69 Å². The highest BCUT2D eigenvalue weighted by Gasteiger charge is 2.31. The number of nitrogens with one attached hydrogen (secondary N) is 1. The van der Waals surface area contributed by atoms with Crippen LogP contribution in [-0.2, 0) is 14.6 Å². The van der Waals surface area contributed by atoms with Gasteiger partial charge in [0.05, 0.1) is 30.1 Å².